The first-order valence-corrected chi connectivity index (χ1v) is 11.4. The van der Waals surface area contributed by atoms with E-state index in [-0.39, 0.29) is 22.0 Å². The summed E-state index contributed by atoms with van der Waals surface area (Å²) in [6.07, 6.45) is 8.66. The highest BCUT2D eigenvalue weighted by molar-refractivity contribution is 6.33. The van der Waals surface area contributed by atoms with Gasteiger partial charge >= 0.3 is 0 Å². The lowest BCUT2D eigenvalue weighted by Gasteiger charge is -2.57. The van der Waals surface area contributed by atoms with E-state index in [1.165, 1.54) is 37.5 Å². The van der Waals surface area contributed by atoms with Crippen molar-refractivity contribution in [1.82, 2.24) is 10.2 Å². The molecule has 0 spiro atoms. The van der Waals surface area contributed by atoms with E-state index >= 15 is 0 Å². The van der Waals surface area contributed by atoms with Gasteiger partial charge in [-0.1, -0.05) is 17.7 Å². The number of nitrogens with one attached hydrogen (secondary N) is 1. The average Bonchev–Trinajstić information content (AvgIpc) is 2.67. The fourth-order valence-electron chi connectivity index (χ4n) is 6.91. The SMILES string of the molecule is O=C(NC1CCN(C(=O)C23CC4CC(CC(C4)C2)C3)CC1)c1c(F)cccc1Cl. The van der Waals surface area contributed by atoms with Crippen LogP contribution in [-0.4, -0.2) is 35.8 Å². The molecule has 0 aromatic heterocycles. The van der Waals surface area contributed by atoms with Crippen molar-refractivity contribution >= 4 is 23.4 Å². The molecule has 4 saturated carbocycles. The fraction of sp³-hybridized carbons (Fsp3) is 0.652. The molecule has 0 unspecified atom stereocenters. The summed E-state index contributed by atoms with van der Waals surface area (Å²) < 4.78 is 14.0. The van der Waals surface area contributed by atoms with Crippen molar-refractivity contribution in [2.45, 2.75) is 57.4 Å². The molecule has 4 aliphatic carbocycles. The number of carbonyl (C=O) groups is 2. The molecule has 1 aromatic carbocycles. The molecule has 5 fully saturated rings. The van der Waals surface area contributed by atoms with Crippen molar-refractivity contribution in [3.05, 3.63) is 34.6 Å². The molecule has 1 heterocycles. The van der Waals surface area contributed by atoms with Crippen molar-refractivity contribution in [3.63, 3.8) is 0 Å². The standard InChI is InChI=1S/C23H28ClFN2O2/c24-18-2-1-3-19(25)20(18)21(28)26-17-4-6-27(7-5-17)22(29)23-11-14-8-15(12-23)10-16(9-14)13-23/h1-3,14-17H,4-13H2,(H,26,28). The number of benzene rings is 1. The number of carbonyl (C=O) groups excluding carboxylic acids is 2. The van der Waals surface area contributed by atoms with E-state index < -0.39 is 11.7 Å². The van der Waals surface area contributed by atoms with Crippen LogP contribution in [0.15, 0.2) is 18.2 Å². The predicted octanol–water partition coefficient (Wildman–Crippen LogP) is 4.42. The Labute approximate surface area is 176 Å². The van der Waals surface area contributed by atoms with Gasteiger partial charge in [-0.3, -0.25) is 9.59 Å². The van der Waals surface area contributed by atoms with E-state index in [0.29, 0.717) is 31.8 Å². The van der Waals surface area contributed by atoms with Crippen molar-refractivity contribution in [2.75, 3.05) is 13.1 Å². The number of halogens is 2. The normalized spacial score (nSPS) is 33.7. The number of hydrogen-bond acceptors (Lipinski definition) is 2. The molecular formula is C23H28ClFN2O2. The van der Waals surface area contributed by atoms with E-state index in [0.717, 1.165) is 37.0 Å². The third-order valence-corrected chi connectivity index (χ3v) is 8.11. The van der Waals surface area contributed by atoms with Crippen LogP contribution < -0.4 is 5.32 Å². The zero-order valence-corrected chi connectivity index (χ0v) is 17.4. The Bertz CT molecular complexity index is 779. The second-order valence-corrected chi connectivity index (χ2v) is 10.2. The summed E-state index contributed by atoms with van der Waals surface area (Å²) in [5.74, 6) is 1.55. The van der Waals surface area contributed by atoms with Gasteiger partial charge in [-0.15, -0.1) is 0 Å². The highest BCUT2D eigenvalue weighted by Gasteiger charge is 2.55. The molecule has 1 aromatic rings. The molecule has 4 bridgehead atoms. The first-order valence-electron chi connectivity index (χ1n) is 11.0. The molecule has 4 nitrogen and oxygen atoms in total. The van der Waals surface area contributed by atoms with Gasteiger partial charge in [0.05, 0.1) is 16.0 Å². The van der Waals surface area contributed by atoms with Gasteiger partial charge in [0.2, 0.25) is 5.91 Å². The molecule has 0 radical (unpaired) electrons. The Morgan fingerprint density at radius 1 is 1.03 bits per heavy atom. The van der Waals surface area contributed by atoms with Crippen LogP contribution in [0.3, 0.4) is 0 Å². The lowest BCUT2D eigenvalue weighted by atomic mass is 9.49. The van der Waals surface area contributed by atoms with Gasteiger partial charge in [-0.05, 0) is 81.3 Å². The minimum absolute atomic E-state index is 0.0569. The maximum absolute atomic E-state index is 14.0. The minimum atomic E-state index is -0.607. The van der Waals surface area contributed by atoms with Crippen LogP contribution >= 0.6 is 11.6 Å². The fourth-order valence-corrected chi connectivity index (χ4v) is 7.16. The van der Waals surface area contributed by atoms with Crippen LogP contribution in [0.2, 0.25) is 5.02 Å². The summed E-state index contributed by atoms with van der Waals surface area (Å²) in [5.41, 5.74) is -0.202. The molecular weight excluding hydrogens is 391 g/mol. The average molecular weight is 419 g/mol. The summed E-state index contributed by atoms with van der Waals surface area (Å²) in [5, 5.41) is 3.03. The van der Waals surface area contributed by atoms with Crippen LogP contribution in [0.4, 0.5) is 4.39 Å². The topological polar surface area (TPSA) is 49.4 Å². The Hall–Kier alpha value is -1.62. The van der Waals surface area contributed by atoms with Gasteiger partial charge in [0.25, 0.3) is 5.91 Å². The van der Waals surface area contributed by atoms with Crippen LogP contribution in [0.5, 0.6) is 0 Å². The molecule has 6 heteroatoms. The molecule has 0 atom stereocenters. The Balaban J connectivity index is 1.20. The lowest BCUT2D eigenvalue weighted by molar-refractivity contribution is -0.158. The second-order valence-electron chi connectivity index (χ2n) is 9.83. The van der Waals surface area contributed by atoms with Crippen LogP contribution in [0.1, 0.15) is 61.7 Å². The second kappa shape index (κ2) is 7.26. The van der Waals surface area contributed by atoms with Gasteiger partial charge < -0.3 is 10.2 Å². The van der Waals surface area contributed by atoms with Crippen LogP contribution in [0.25, 0.3) is 0 Å². The Morgan fingerprint density at radius 2 is 1.62 bits per heavy atom. The van der Waals surface area contributed by atoms with Gasteiger partial charge in [-0.25, -0.2) is 4.39 Å². The summed E-state index contributed by atoms with van der Waals surface area (Å²) in [7, 11) is 0. The minimum Gasteiger partial charge on any atom is -0.349 e. The zero-order valence-electron chi connectivity index (χ0n) is 16.6. The maximum Gasteiger partial charge on any atom is 0.255 e. The number of nitrogens with zero attached hydrogens (tertiary/aromatic N) is 1. The van der Waals surface area contributed by atoms with Crippen molar-refractivity contribution < 1.29 is 14.0 Å². The van der Waals surface area contributed by atoms with Gasteiger partial charge in [0.15, 0.2) is 0 Å². The van der Waals surface area contributed by atoms with E-state index in [1.807, 2.05) is 4.90 Å². The zero-order chi connectivity index (χ0) is 20.2. The van der Waals surface area contributed by atoms with E-state index in [1.54, 1.807) is 0 Å². The third-order valence-electron chi connectivity index (χ3n) is 7.80. The number of hydrogen-bond donors (Lipinski definition) is 1. The first kappa shape index (κ1) is 19.3. The number of rotatable bonds is 3. The van der Waals surface area contributed by atoms with Crippen molar-refractivity contribution in [1.29, 1.82) is 0 Å². The van der Waals surface area contributed by atoms with E-state index in [2.05, 4.69) is 5.32 Å². The maximum atomic E-state index is 14.0. The van der Waals surface area contributed by atoms with Crippen LogP contribution in [0, 0.1) is 29.0 Å². The van der Waals surface area contributed by atoms with E-state index in [4.69, 9.17) is 11.6 Å². The molecule has 156 valence electrons. The monoisotopic (exact) mass is 418 g/mol. The van der Waals surface area contributed by atoms with Crippen molar-refractivity contribution in [3.8, 4) is 0 Å². The molecule has 1 saturated heterocycles. The van der Waals surface area contributed by atoms with Gasteiger partial charge in [-0.2, -0.15) is 0 Å². The first-order chi connectivity index (χ1) is 13.9. The largest absolute Gasteiger partial charge is 0.349 e. The molecule has 29 heavy (non-hydrogen) atoms. The highest BCUT2D eigenvalue weighted by Crippen LogP contribution is 2.60. The molecule has 1 aliphatic heterocycles. The molecule has 1 N–H and O–H groups in total. The summed E-state index contributed by atoms with van der Waals surface area (Å²) in [6.45, 7) is 1.33. The smallest absolute Gasteiger partial charge is 0.255 e. The molecule has 5 aliphatic rings. The number of likely N-dealkylation sites (tertiary alicyclic amines) is 1. The quantitative estimate of drug-likeness (QED) is 0.790. The Kier molecular flexibility index (Phi) is 4.84. The van der Waals surface area contributed by atoms with Gasteiger partial charge in [0.1, 0.15) is 5.82 Å². The summed E-state index contributed by atoms with van der Waals surface area (Å²) in [6, 6.07) is 4.20. The summed E-state index contributed by atoms with van der Waals surface area (Å²) in [4.78, 5) is 28.0. The predicted molar refractivity (Wildman–Crippen MR) is 109 cm³/mol. The number of amides is 2. The third kappa shape index (κ3) is 3.45. The lowest BCUT2D eigenvalue weighted by Crippen LogP contribution is -2.56. The van der Waals surface area contributed by atoms with E-state index in [9.17, 15) is 14.0 Å². The highest BCUT2D eigenvalue weighted by atomic mass is 35.5. The van der Waals surface area contributed by atoms with Crippen molar-refractivity contribution in [2.24, 2.45) is 23.2 Å². The van der Waals surface area contributed by atoms with Gasteiger partial charge in [0, 0.05) is 19.1 Å². The number of piperidine rings is 1. The molecule has 6 rings (SSSR count). The molecule has 2 amide bonds. The Morgan fingerprint density at radius 3 is 2.17 bits per heavy atom. The van der Waals surface area contributed by atoms with Crippen LogP contribution in [-0.2, 0) is 4.79 Å². The summed E-state index contributed by atoms with van der Waals surface area (Å²) >= 11 is 6.00.